The first-order valence-corrected chi connectivity index (χ1v) is 5.93. The highest BCUT2D eigenvalue weighted by atomic mass is 19.1. The summed E-state index contributed by atoms with van der Waals surface area (Å²) in [5, 5.41) is 11.7. The molecule has 2 rings (SSSR count). The van der Waals surface area contributed by atoms with Crippen molar-refractivity contribution in [2.24, 2.45) is 0 Å². The summed E-state index contributed by atoms with van der Waals surface area (Å²) >= 11 is 0. The number of aromatic nitrogens is 1. The van der Waals surface area contributed by atoms with E-state index in [9.17, 15) is 8.78 Å². The standard InChI is InChI=1S/C14H12F2N4/c15-11-3-9(4-12(16)6-11)1-2-19-14-13(18)5-10(7-17)8-20-14/h3-6,8H,1-2,18H2,(H,19,20). The summed E-state index contributed by atoms with van der Waals surface area (Å²) in [6, 6.07) is 6.83. The lowest BCUT2D eigenvalue weighted by Gasteiger charge is -2.08. The van der Waals surface area contributed by atoms with Gasteiger partial charge in [0.25, 0.3) is 0 Å². The Kier molecular flexibility index (Phi) is 4.11. The average molecular weight is 274 g/mol. The van der Waals surface area contributed by atoms with Gasteiger partial charge in [-0.2, -0.15) is 5.26 Å². The molecular weight excluding hydrogens is 262 g/mol. The van der Waals surface area contributed by atoms with Crippen molar-refractivity contribution < 1.29 is 8.78 Å². The second kappa shape index (κ2) is 5.97. The number of halogens is 2. The smallest absolute Gasteiger partial charge is 0.149 e. The largest absolute Gasteiger partial charge is 0.396 e. The summed E-state index contributed by atoms with van der Waals surface area (Å²) in [4.78, 5) is 4.01. The molecule has 4 nitrogen and oxygen atoms in total. The number of nitrogens with one attached hydrogen (secondary N) is 1. The van der Waals surface area contributed by atoms with Gasteiger partial charge in [-0.25, -0.2) is 13.8 Å². The number of nitrogens with two attached hydrogens (primary N) is 1. The zero-order chi connectivity index (χ0) is 14.5. The van der Waals surface area contributed by atoms with Crippen LogP contribution >= 0.6 is 0 Å². The van der Waals surface area contributed by atoms with Crippen molar-refractivity contribution in [2.75, 3.05) is 17.6 Å². The number of hydrogen-bond donors (Lipinski definition) is 2. The predicted octanol–water partition coefficient (Wildman–Crippen LogP) is 2.47. The first-order chi connectivity index (χ1) is 9.58. The SMILES string of the molecule is N#Cc1cnc(NCCc2cc(F)cc(F)c2)c(N)c1. The van der Waals surface area contributed by atoms with E-state index in [1.54, 1.807) is 0 Å². The normalized spacial score (nSPS) is 10.1. The molecule has 0 bridgehead atoms. The van der Waals surface area contributed by atoms with E-state index in [2.05, 4.69) is 10.3 Å². The van der Waals surface area contributed by atoms with Crippen LogP contribution in [0.3, 0.4) is 0 Å². The van der Waals surface area contributed by atoms with Crippen LogP contribution in [0, 0.1) is 23.0 Å². The zero-order valence-electron chi connectivity index (χ0n) is 10.5. The third-order valence-electron chi connectivity index (χ3n) is 2.67. The van der Waals surface area contributed by atoms with Gasteiger partial charge >= 0.3 is 0 Å². The summed E-state index contributed by atoms with van der Waals surface area (Å²) in [5.74, 6) is -0.757. The molecule has 0 atom stereocenters. The molecule has 0 radical (unpaired) electrons. The minimum absolute atomic E-state index is 0.356. The maximum atomic E-state index is 13.0. The fourth-order valence-corrected chi connectivity index (χ4v) is 1.77. The van der Waals surface area contributed by atoms with Crippen molar-refractivity contribution in [3.05, 3.63) is 53.2 Å². The molecule has 0 aliphatic heterocycles. The van der Waals surface area contributed by atoms with Crippen LogP contribution in [-0.2, 0) is 6.42 Å². The minimum Gasteiger partial charge on any atom is -0.396 e. The highest BCUT2D eigenvalue weighted by molar-refractivity contribution is 5.63. The van der Waals surface area contributed by atoms with E-state index in [1.807, 2.05) is 6.07 Å². The molecule has 0 unspecified atom stereocenters. The zero-order valence-corrected chi connectivity index (χ0v) is 10.5. The van der Waals surface area contributed by atoms with Gasteiger partial charge in [-0.1, -0.05) is 0 Å². The molecule has 0 aliphatic rings. The Morgan fingerprint density at radius 3 is 2.50 bits per heavy atom. The molecule has 1 heterocycles. The molecule has 102 valence electrons. The van der Waals surface area contributed by atoms with E-state index in [-0.39, 0.29) is 0 Å². The average Bonchev–Trinajstić information content (AvgIpc) is 2.39. The van der Waals surface area contributed by atoms with Gasteiger partial charge in [0.2, 0.25) is 0 Å². The third kappa shape index (κ3) is 3.42. The van der Waals surface area contributed by atoms with E-state index < -0.39 is 11.6 Å². The van der Waals surface area contributed by atoms with Crippen molar-refractivity contribution >= 4 is 11.5 Å². The molecule has 0 saturated heterocycles. The number of nitrogens with zero attached hydrogens (tertiary/aromatic N) is 2. The summed E-state index contributed by atoms with van der Waals surface area (Å²) < 4.78 is 26.0. The first kappa shape index (κ1) is 13.7. The van der Waals surface area contributed by atoms with E-state index >= 15 is 0 Å². The Morgan fingerprint density at radius 1 is 1.20 bits per heavy atom. The lowest BCUT2D eigenvalue weighted by atomic mass is 10.1. The van der Waals surface area contributed by atoms with Crippen molar-refractivity contribution in [1.82, 2.24) is 4.98 Å². The highest BCUT2D eigenvalue weighted by Crippen LogP contribution is 2.16. The molecule has 2 aromatic rings. The topological polar surface area (TPSA) is 74.7 Å². The highest BCUT2D eigenvalue weighted by Gasteiger charge is 2.04. The van der Waals surface area contributed by atoms with Crippen LogP contribution in [0.15, 0.2) is 30.5 Å². The van der Waals surface area contributed by atoms with E-state index in [1.165, 1.54) is 24.4 Å². The summed E-state index contributed by atoms with van der Waals surface area (Å²) in [6.45, 7) is 0.423. The van der Waals surface area contributed by atoms with Crippen LogP contribution in [0.2, 0.25) is 0 Å². The molecule has 20 heavy (non-hydrogen) atoms. The molecule has 1 aromatic heterocycles. The van der Waals surface area contributed by atoms with Gasteiger partial charge in [-0.05, 0) is 30.2 Å². The number of nitrogen functional groups attached to an aromatic ring is 1. The number of hydrogen-bond acceptors (Lipinski definition) is 4. The van der Waals surface area contributed by atoms with Crippen LogP contribution < -0.4 is 11.1 Å². The number of nitriles is 1. The van der Waals surface area contributed by atoms with Gasteiger partial charge in [-0.15, -0.1) is 0 Å². The lowest BCUT2D eigenvalue weighted by Crippen LogP contribution is -2.09. The number of rotatable bonds is 4. The van der Waals surface area contributed by atoms with Gasteiger partial charge in [0.05, 0.1) is 11.3 Å². The molecule has 0 amide bonds. The number of benzene rings is 1. The van der Waals surface area contributed by atoms with Gasteiger partial charge in [0.15, 0.2) is 0 Å². The Bertz CT molecular complexity index is 644. The predicted molar refractivity (Wildman–Crippen MR) is 71.9 cm³/mol. The van der Waals surface area contributed by atoms with Crippen molar-refractivity contribution in [2.45, 2.75) is 6.42 Å². The Labute approximate surface area is 114 Å². The maximum Gasteiger partial charge on any atom is 0.149 e. The first-order valence-electron chi connectivity index (χ1n) is 5.93. The Hall–Kier alpha value is -2.68. The van der Waals surface area contributed by atoms with Crippen molar-refractivity contribution in [1.29, 1.82) is 5.26 Å². The molecule has 1 aromatic carbocycles. The Balaban J connectivity index is 1.98. The number of pyridine rings is 1. The molecule has 0 fully saturated rings. The number of anilines is 2. The molecular formula is C14H12F2N4. The van der Waals surface area contributed by atoms with E-state index in [0.717, 1.165) is 6.07 Å². The monoisotopic (exact) mass is 274 g/mol. The van der Waals surface area contributed by atoms with Crippen molar-refractivity contribution in [3.8, 4) is 6.07 Å². The van der Waals surface area contributed by atoms with Crippen LogP contribution in [0.4, 0.5) is 20.3 Å². The van der Waals surface area contributed by atoms with Gasteiger partial charge in [0.1, 0.15) is 23.5 Å². The van der Waals surface area contributed by atoms with E-state index in [4.69, 9.17) is 11.0 Å². The minimum atomic E-state index is -0.601. The quantitative estimate of drug-likeness (QED) is 0.898. The fraction of sp³-hybridized carbons (Fsp3) is 0.143. The molecule has 0 aliphatic carbocycles. The lowest BCUT2D eigenvalue weighted by molar-refractivity contribution is 0.580. The van der Waals surface area contributed by atoms with Gasteiger partial charge < -0.3 is 11.1 Å². The summed E-state index contributed by atoms with van der Waals surface area (Å²) in [7, 11) is 0. The van der Waals surface area contributed by atoms with Crippen LogP contribution in [0.1, 0.15) is 11.1 Å². The summed E-state index contributed by atoms with van der Waals surface area (Å²) in [6.07, 6.45) is 1.83. The molecule has 0 saturated carbocycles. The van der Waals surface area contributed by atoms with E-state index in [0.29, 0.717) is 35.6 Å². The molecule has 0 spiro atoms. The third-order valence-corrected chi connectivity index (χ3v) is 2.67. The maximum absolute atomic E-state index is 13.0. The van der Waals surface area contributed by atoms with Crippen LogP contribution in [-0.4, -0.2) is 11.5 Å². The summed E-state index contributed by atoms with van der Waals surface area (Å²) in [5.41, 5.74) is 7.00. The fourth-order valence-electron chi connectivity index (χ4n) is 1.77. The molecule has 3 N–H and O–H groups in total. The Morgan fingerprint density at radius 2 is 1.90 bits per heavy atom. The van der Waals surface area contributed by atoms with Crippen molar-refractivity contribution in [3.63, 3.8) is 0 Å². The van der Waals surface area contributed by atoms with Crippen LogP contribution in [0.5, 0.6) is 0 Å². The molecule has 6 heteroatoms. The van der Waals surface area contributed by atoms with Gasteiger partial charge in [0, 0.05) is 18.8 Å². The van der Waals surface area contributed by atoms with Gasteiger partial charge in [-0.3, -0.25) is 0 Å². The second-order valence-electron chi connectivity index (χ2n) is 4.23. The second-order valence-corrected chi connectivity index (χ2v) is 4.23. The van der Waals surface area contributed by atoms with Crippen LogP contribution in [0.25, 0.3) is 0 Å².